The summed E-state index contributed by atoms with van der Waals surface area (Å²) in [4.78, 5) is 31.0. The Hall–Kier alpha value is -3.27. The molecule has 150 valence electrons. The number of carbonyl (C=O) groups is 2. The zero-order valence-corrected chi connectivity index (χ0v) is 16.9. The van der Waals surface area contributed by atoms with Crippen molar-refractivity contribution in [2.24, 2.45) is 5.92 Å². The SMILES string of the molecule is O=C(CCc1cccnc1)c1ccc(-c2ccc3c(c2)CCN3C(=O)C2CC2)cc1. The van der Waals surface area contributed by atoms with Crippen LogP contribution in [0.4, 0.5) is 5.69 Å². The van der Waals surface area contributed by atoms with Crippen LogP contribution in [0.5, 0.6) is 0 Å². The van der Waals surface area contributed by atoms with E-state index in [1.54, 1.807) is 6.20 Å². The number of amides is 1. The maximum atomic E-state index is 12.5. The third kappa shape index (κ3) is 3.78. The van der Waals surface area contributed by atoms with Crippen LogP contribution in [-0.2, 0) is 17.6 Å². The van der Waals surface area contributed by atoms with Gasteiger partial charge < -0.3 is 4.90 Å². The Morgan fingerprint density at radius 2 is 1.80 bits per heavy atom. The fraction of sp³-hybridized carbons (Fsp3) is 0.269. The number of aromatic nitrogens is 1. The van der Waals surface area contributed by atoms with Crippen LogP contribution in [0.3, 0.4) is 0 Å². The van der Waals surface area contributed by atoms with Gasteiger partial charge in [0.15, 0.2) is 5.78 Å². The van der Waals surface area contributed by atoms with Crippen molar-refractivity contribution in [2.45, 2.75) is 32.1 Å². The molecule has 0 bridgehead atoms. The van der Waals surface area contributed by atoms with Gasteiger partial charge in [0.1, 0.15) is 0 Å². The Bertz CT molecular complexity index is 1090. The van der Waals surface area contributed by atoms with E-state index in [0.717, 1.165) is 53.7 Å². The first-order valence-electron chi connectivity index (χ1n) is 10.7. The number of aryl methyl sites for hydroxylation is 1. The van der Waals surface area contributed by atoms with Crippen molar-refractivity contribution in [1.82, 2.24) is 4.98 Å². The van der Waals surface area contributed by atoms with E-state index in [2.05, 4.69) is 23.2 Å². The lowest BCUT2D eigenvalue weighted by Crippen LogP contribution is -2.30. The Kier molecular flexibility index (Phi) is 4.91. The molecular weight excluding hydrogens is 372 g/mol. The molecule has 0 unspecified atom stereocenters. The Labute approximate surface area is 176 Å². The van der Waals surface area contributed by atoms with E-state index in [4.69, 9.17) is 0 Å². The van der Waals surface area contributed by atoms with Crippen molar-refractivity contribution < 1.29 is 9.59 Å². The first-order valence-corrected chi connectivity index (χ1v) is 10.7. The summed E-state index contributed by atoms with van der Waals surface area (Å²) in [7, 11) is 0. The van der Waals surface area contributed by atoms with Gasteiger partial charge in [0, 0.05) is 42.5 Å². The highest BCUT2D eigenvalue weighted by molar-refractivity contribution is 5.99. The number of benzene rings is 2. The standard InChI is InChI=1S/C26H24N2O2/c29-25(12-3-18-2-1-14-27-17-18)20-6-4-19(5-7-20)22-10-11-24-23(16-22)13-15-28(24)26(30)21-8-9-21/h1-2,4-7,10-11,14,16-17,21H,3,8-9,12-13,15H2. The molecule has 1 amide bonds. The minimum atomic E-state index is 0.147. The molecule has 1 aliphatic carbocycles. The van der Waals surface area contributed by atoms with Crippen LogP contribution in [-0.4, -0.2) is 23.2 Å². The quantitative estimate of drug-likeness (QED) is 0.559. The van der Waals surface area contributed by atoms with Gasteiger partial charge in [-0.2, -0.15) is 0 Å². The molecule has 4 heteroatoms. The van der Waals surface area contributed by atoms with Crippen LogP contribution in [0.1, 0.15) is 40.7 Å². The van der Waals surface area contributed by atoms with E-state index in [-0.39, 0.29) is 17.6 Å². The lowest BCUT2D eigenvalue weighted by molar-refractivity contribution is -0.119. The molecule has 0 spiro atoms. The maximum absolute atomic E-state index is 12.5. The highest BCUT2D eigenvalue weighted by Crippen LogP contribution is 2.38. The third-order valence-electron chi connectivity index (χ3n) is 6.07. The number of hydrogen-bond acceptors (Lipinski definition) is 3. The average Bonchev–Trinajstić information content (AvgIpc) is 3.57. The first-order chi connectivity index (χ1) is 14.7. The second-order valence-electron chi connectivity index (χ2n) is 8.22. The predicted octanol–water partition coefficient (Wildman–Crippen LogP) is 4.86. The fourth-order valence-corrected chi connectivity index (χ4v) is 4.16. The highest BCUT2D eigenvalue weighted by Gasteiger charge is 2.36. The van der Waals surface area contributed by atoms with Crippen LogP contribution in [0.25, 0.3) is 11.1 Å². The number of carbonyl (C=O) groups excluding carboxylic acids is 2. The van der Waals surface area contributed by atoms with Crippen molar-refractivity contribution in [3.63, 3.8) is 0 Å². The van der Waals surface area contributed by atoms with Crippen LogP contribution in [0.2, 0.25) is 0 Å². The summed E-state index contributed by atoms with van der Waals surface area (Å²) in [6.45, 7) is 0.790. The van der Waals surface area contributed by atoms with Crippen LogP contribution < -0.4 is 4.90 Å². The lowest BCUT2D eigenvalue weighted by Gasteiger charge is -2.17. The summed E-state index contributed by atoms with van der Waals surface area (Å²) in [5.74, 6) is 0.683. The minimum Gasteiger partial charge on any atom is -0.312 e. The molecule has 2 heterocycles. The van der Waals surface area contributed by atoms with Gasteiger partial charge in [0.2, 0.25) is 5.91 Å². The van der Waals surface area contributed by atoms with E-state index in [0.29, 0.717) is 12.8 Å². The highest BCUT2D eigenvalue weighted by atomic mass is 16.2. The molecule has 0 saturated heterocycles. The van der Waals surface area contributed by atoms with Gasteiger partial charge in [-0.15, -0.1) is 0 Å². The number of fused-ring (bicyclic) bond motifs is 1. The van der Waals surface area contributed by atoms with Crippen molar-refractivity contribution in [3.05, 3.63) is 83.7 Å². The van der Waals surface area contributed by atoms with Crippen LogP contribution >= 0.6 is 0 Å². The summed E-state index contributed by atoms with van der Waals surface area (Å²) in [6, 6.07) is 18.1. The average molecular weight is 396 g/mol. The molecular formula is C26H24N2O2. The van der Waals surface area contributed by atoms with Crippen LogP contribution in [0.15, 0.2) is 67.0 Å². The number of Topliss-reactive ketones (excluding diaryl/α,β-unsaturated/α-hetero) is 1. The smallest absolute Gasteiger partial charge is 0.230 e. The zero-order chi connectivity index (χ0) is 20.5. The monoisotopic (exact) mass is 396 g/mol. The number of ketones is 1. The summed E-state index contributed by atoms with van der Waals surface area (Å²) in [5.41, 5.74) is 6.34. The van der Waals surface area contributed by atoms with Gasteiger partial charge in [-0.05, 0) is 66.1 Å². The van der Waals surface area contributed by atoms with E-state index < -0.39 is 0 Å². The number of anilines is 1. The molecule has 30 heavy (non-hydrogen) atoms. The predicted molar refractivity (Wildman–Crippen MR) is 118 cm³/mol. The van der Waals surface area contributed by atoms with Crippen molar-refractivity contribution in [1.29, 1.82) is 0 Å². The number of rotatable bonds is 6. The number of hydrogen-bond donors (Lipinski definition) is 0. The molecule has 2 aromatic carbocycles. The Morgan fingerprint density at radius 1 is 1.00 bits per heavy atom. The van der Waals surface area contributed by atoms with E-state index in [1.165, 1.54) is 5.56 Å². The fourth-order valence-electron chi connectivity index (χ4n) is 4.16. The Morgan fingerprint density at radius 3 is 2.53 bits per heavy atom. The minimum absolute atomic E-state index is 0.147. The second kappa shape index (κ2) is 7.86. The first kappa shape index (κ1) is 18.7. The van der Waals surface area contributed by atoms with Gasteiger partial charge in [-0.1, -0.05) is 36.4 Å². The van der Waals surface area contributed by atoms with Gasteiger partial charge in [0.25, 0.3) is 0 Å². The Balaban J connectivity index is 1.27. The van der Waals surface area contributed by atoms with Gasteiger partial charge in [-0.25, -0.2) is 0 Å². The summed E-state index contributed by atoms with van der Waals surface area (Å²) >= 11 is 0. The maximum Gasteiger partial charge on any atom is 0.230 e. The number of nitrogens with zero attached hydrogens (tertiary/aromatic N) is 2. The molecule has 5 rings (SSSR count). The van der Waals surface area contributed by atoms with E-state index >= 15 is 0 Å². The largest absolute Gasteiger partial charge is 0.312 e. The summed E-state index contributed by atoms with van der Waals surface area (Å²) < 4.78 is 0. The van der Waals surface area contributed by atoms with E-state index in [9.17, 15) is 9.59 Å². The third-order valence-corrected chi connectivity index (χ3v) is 6.07. The van der Waals surface area contributed by atoms with Gasteiger partial charge in [0.05, 0.1) is 0 Å². The summed E-state index contributed by atoms with van der Waals surface area (Å²) in [5, 5.41) is 0. The molecule has 1 aliphatic heterocycles. The molecule has 2 aliphatic rings. The summed E-state index contributed by atoms with van der Waals surface area (Å²) in [6.07, 6.45) is 7.72. The molecule has 3 aromatic rings. The topological polar surface area (TPSA) is 50.3 Å². The normalized spacial score (nSPS) is 15.1. The van der Waals surface area contributed by atoms with Gasteiger partial charge >= 0.3 is 0 Å². The zero-order valence-electron chi connectivity index (χ0n) is 16.9. The lowest BCUT2D eigenvalue weighted by atomic mass is 9.98. The molecule has 1 saturated carbocycles. The second-order valence-corrected chi connectivity index (χ2v) is 8.22. The van der Waals surface area contributed by atoms with E-state index in [1.807, 2.05) is 47.5 Å². The van der Waals surface area contributed by atoms with Crippen molar-refractivity contribution in [2.75, 3.05) is 11.4 Å². The molecule has 4 nitrogen and oxygen atoms in total. The molecule has 1 fully saturated rings. The van der Waals surface area contributed by atoms with Gasteiger partial charge in [-0.3, -0.25) is 14.6 Å². The number of pyridine rings is 1. The molecule has 0 atom stereocenters. The van der Waals surface area contributed by atoms with Crippen molar-refractivity contribution >= 4 is 17.4 Å². The van der Waals surface area contributed by atoms with Crippen molar-refractivity contribution in [3.8, 4) is 11.1 Å². The van der Waals surface area contributed by atoms with Crippen LogP contribution in [0, 0.1) is 5.92 Å². The molecule has 0 N–H and O–H groups in total. The molecule has 0 radical (unpaired) electrons. The molecule has 1 aromatic heterocycles.